The Balaban J connectivity index is 1.50. The van der Waals surface area contributed by atoms with Gasteiger partial charge < -0.3 is 16.0 Å². The summed E-state index contributed by atoms with van der Waals surface area (Å²) in [5, 5.41) is 8.43. The van der Waals surface area contributed by atoms with Gasteiger partial charge in [-0.3, -0.25) is 4.79 Å². The predicted molar refractivity (Wildman–Crippen MR) is 90.6 cm³/mol. The summed E-state index contributed by atoms with van der Waals surface area (Å²) >= 11 is 0. The van der Waals surface area contributed by atoms with Crippen LogP contribution in [0.4, 0.5) is 16.2 Å². The van der Waals surface area contributed by atoms with Crippen LogP contribution in [0.25, 0.3) is 0 Å². The molecule has 0 saturated carbocycles. The number of carbonyl (C=O) groups is 2. The van der Waals surface area contributed by atoms with Crippen molar-refractivity contribution in [3.8, 4) is 0 Å². The molecule has 0 radical (unpaired) electrons. The summed E-state index contributed by atoms with van der Waals surface area (Å²) in [6.07, 6.45) is 0.574. The van der Waals surface area contributed by atoms with Gasteiger partial charge in [0, 0.05) is 17.9 Å². The number of anilines is 2. The highest BCUT2D eigenvalue weighted by atomic mass is 16.2. The molecular formula is C18H19N3O2. The molecule has 5 heteroatoms. The van der Waals surface area contributed by atoms with Crippen molar-refractivity contribution in [2.24, 2.45) is 0 Å². The molecule has 0 unspecified atom stereocenters. The van der Waals surface area contributed by atoms with Crippen LogP contribution in [0.15, 0.2) is 48.5 Å². The highest BCUT2D eigenvalue weighted by molar-refractivity contribution is 6.02. The van der Waals surface area contributed by atoms with Crippen molar-refractivity contribution in [2.75, 3.05) is 17.2 Å². The van der Waals surface area contributed by atoms with Gasteiger partial charge in [-0.15, -0.1) is 0 Å². The lowest BCUT2D eigenvalue weighted by Crippen LogP contribution is -2.31. The zero-order valence-corrected chi connectivity index (χ0v) is 12.9. The first-order valence-corrected chi connectivity index (χ1v) is 7.65. The molecule has 0 fully saturated rings. The Bertz CT molecular complexity index is 725. The molecule has 0 saturated heterocycles. The molecule has 5 nitrogen and oxygen atoms in total. The standard InChI is InChI=1S/C18H19N3O2/c1-12-6-8-13(9-7-12)20-18(23)19-11-10-15-14-4-2-3-5-16(14)21-17(15)22/h2-9,15H,10-11H2,1H3,(H,21,22)(H2,19,20,23)/t15-/m1/s1. The molecule has 1 atom stereocenters. The first-order valence-electron chi connectivity index (χ1n) is 7.65. The van der Waals surface area contributed by atoms with Crippen molar-refractivity contribution < 1.29 is 9.59 Å². The van der Waals surface area contributed by atoms with Crippen molar-refractivity contribution in [1.82, 2.24) is 5.32 Å². The van der Waals surface area contributed by atoms with Crippen LogP contribution in [0.5, 0.6) is 0 Å². The number of fused-ring (bicyclic) bond motifs is 1. The van der Waals surface area contributed by atoms with E-state index in [1.54, 1.807) is 0 Å². The normalized spacial score (nSPS) is 15.7. The number of para-hydroxylation sites is 1. The molecule has 0 bridgehead atoms. The predicted octanol–water partition coefficient (Wildman–Crippen LogP) is 3.24. The summed E-state index contributed by atoms with van der Waals surface area (Å²) in [5.41, 5.74) is 3.75. The van der Waals surface area contributed by atoms with Crippen LogP contribution in [0, 0.1) is 6.92 Å². The molecule has 3 rings (SSSR count). The third-order valence-electron chi connectivity index (χ3n) is 3.94. The largest absolute Gasteiger partial charge is 0.338 e. The second kappa shape index (κ2) is 6.52. The number of rotatable bonds is 4. The average Bonchev–Trinajstić information content (AvgIpc) is 2.86. The second-order valence-corrected chi connectivity index (χ2v) is 5.66. The van der Waals surface area contributed by atoms with Crippen molar-refractivity contribution in [2.45, 2.75) is 19.3 Å². The van der Waals surface area contributed by atoms with E-state index in [0.29, 0.717) is 13.0 Å². The highest BCUT2D eigenvalue weighted by Crippen LogP contribution is 2.33. The molecule has 2 aromatic rings. The summed E-state index contributed by atoms with van der Waals surface area (Å²) in [5.74, 6) is -0.210. The van der Waals surface area contributed by atoms with Crippen LogP contribution >= 0.6 is 0 Å². The van der Waals surface area contributed by atoms with E-state index in [9.17, 15) is 9.59 Å². The monoisotopic (exact) mass is 309 g/mol. The van der Waals surface area contributed by atoms with Gasteiger partial charge in [-0.2, -0.15) is 0 Å². The lowest BCUT2D eigenvalue weighted by atomic mass is 9.97. The number of nitrogens with one attached hydrogen (secondary N) is 3. The van der Waals surface area contributed by atoms with Crippen LogP contribution < -0.4 is 16.0 Å². The average molecular weight is 309 g/mol. The minimum absolute atomic E-state index is 0.00746. The van der Waals surface area contributed by atoms with Gasteiger partial charge in [-0.1, -0.05) is 35.9 Å². The molecule has 3 N–H and O–H groups in total. The number of amides is 3. The van der Waals surface area contributed by atoms with E-state index in [2.05, 4.69) is 16.0 Å². The van der Waals surface area contributed by atoms with Crippen molar-refractivity contribution in [3.05, 3.63) is 59.7 Å². The first kappa shape index (κ1) is 15.1. The summed E-state index contributed by atoms with van der Waals surface area (Å²) in [4.78, 5) is 23.9. The first-order chi connectivity index (χ1) is 11.1. The van der Waals surface area contributed by atoms with E-state index in [0.717, 1.165) is 22.5 Å². The van der Waals surface area contributed by atoms with Gasteiger partial charge in [0.1, 0.15) is 0 Å². The third-order valence-corrected chi connectivity index (χ3v) is 3.94. The third kappa shape index (κ3) is 3.51. The summed E-state index contributed by atoms with van der Waals surface area (Å²) in [6.45, 7) is 2.43. The van der Waals surface area contributed by atoms with E-state index < -0.39 is 0 Å². The van der Waals surface area contributed by atoms with Gasteiger partial charge in [0.15, 0.2) is 0 Å². The minimum Gasteiger partial charge on any atom is -0.338 e. The van der Waals surface area contributed by atoms with Crippen molar-refractivity contribution >= 4 is 23.3 Å². The molecule has 0 spiro atoms. The fraction of sp³-hybridized carbons (Fsp3) is 0.222. The lowest BCUT2D eigenvalue weighted by molar-refractivity contribution is -0.117. The Morgan fingerprint density at radius 1 is 1.13 bits per heavy atom. The van der Waals surface area contributed by atoms with E-state index in [1.807, 2.05) is 55.5 Å². The molecular weight excluding hydrogens is 290 g/mol. The zero-order chi connectivity index (χ0) is 16.2. The molecule has 118 valence electrons. The Morgan fingerprint density at radius 2 is 1.87 bits per heavy atom. The van der Waals surface area contributed by atoms with Crippen LogP contribution in [-0.2, 0) is 4.79 Å². The minimum atomic E-state index is -0.263. The quantitative estimate of drug-likeness (QED) is 0.811. The number of benzene rings is 2. The van der Waals surface area contributed by atoms with Gasteiger partial charge in [0.25, 0.3) is 0 Å². The fourth-order valence-corrected chi connectivity index (χ4v) is 2.70. The number of hydrogen-bond donors (Lipinski definition) is 3. The Labute approximate surface area is 135 Å². The Morgan fingerprint density at radius 3 is 2.65 bits per heavy atom. The van der Waals surface area contributed by atoms with E-state index >= 15 is 0 Å². The maximum atomic E-state index is 12.0. The smallest absolute Gasteiger partial charge is 0.319 e. The number of hydrogen-bond acceptors (Lipinski definition) is 2. The number of carbonyl (C=O) groups excluding carboxylic acids is 2. The van der Waals surface area contributed by atoms with Gasteiger partial charge in [-0.25, -0.2) is 4.79 Å². The molecule has 1 aliphatic rings. The summed E-state index contributed by atoms with van der Waals surface area (Å²) < 4.78 is 0. The van der Waals surface area contributed by atoms with Crippen LogP contribution in [0.1, 0.15) is 23.5 Å². The van der Waals surface area contributed by atoms with E-state index in [-0.39, 0.29) is 17.9 Å². The van der Waals surface area contributed by atoms with Gasteiger partial charge in [0.2, 0.25) is 5.91 Å². The van der Waals surface area contributed by atoms with Gasteiger partial charge in [-0.05, 0) is 37.1 Å². The van der Waals surface area contributed by atoms with Crippen LogP contribution in [0.2, 0.25) is 0 Å². The van der Waals surface area contributed by atoms with Crippen LogP contribution in [0.3, 0.4) is 0 Å². The van der Waals surface area contributed by atoms with Gasteiger partial charge in [0.05, 0.1) is 5.92 Å². The molecule has 0 aromatic heterocycles. The molecule has 23 heavy (non-hydrogen) atoms. The lowest BCUT2D eigenvalue weighted by Gasteiger charge is -2.11. The number of urea groups is 1. The fourth-order valence-electron chi connectivity index (χ4n) is 2.70. The van der Waals surface area contributed by atoms with E-state index in [1.165, 1.54) is 0 Å². The molecule has 1 aliphatic heterocycles. The summed E-state index contributed by atoms with van der Waals surface area (Å²) in [6, 6.07) is 15.0. The highest BCUT2D eigenvalue weighted by Gasteiger charge is 2.29. The maximum absolute atomic E-state index is 12.0. The molecule has 1 heterocycles. The van der Waals surface area contributed by atoms with Crippen molar-refractivity contribution in [3.63, 3.8) is 0 Å². The van der Waals surface area contributed by atoms with Crippen LogP contribution in [-0.4, -0.2) is 18.5 Å². The van der Waals surface area contributed by atoms with Gasteiger partial charge >= 0.3 is 6.03 Å². The zero-order valence-electron chi connectivity index (χ0n) is 12.9. The molecule has 3 amide bonds. The number of aryl methyl sites for hydroxylation is 1. The molecule has 0 aliphatic carbocycles. The SMILES string of the molecule is Cc1ccc(NC(=O)NCC[C@H]2C(=O)Nc3ccccc32)cc1. The molecule has 2 aromatic carbocycles. The van der Waals surface area contributed by atoms with Crippen molar-refractivity contribution in [1.29, 1.82) is 0 Å². The van der Waals surface area contributed by atoms with E-state index in [4.69, 9.17) is 0 Å². The maximum Gasteiger partial charge on any atom is 0.319 e. The Kier molecular flexibility index (Phi) is 4.28. The Hall–Kier alpha value is -2.82. The second-order valence-electron chi connectivity index (χ2n) is 5.66. The topological polar surface area (TPSA) is 70.2 Å². The summed E-state index contributed by atoms with van der Waals surface area (Å²) in [7, 11) is 0.